The van der Waals surface area contributed by atoms with Gasteiger partial charge in [-0.3, -0.25) is 0 Å². The van der Waals surface area contributed by atoms with Crippen molar-refractivity contribution in [3.05, 3.63) is 29.8 Å². The molecule has 0 bridgehead atoms. The molecule has 3 rings (SSSR count). The van der Waals surface area contributed by atoms with Crippen LogP contribution in [0.4, 0.5) is 0 Å². The highest BCUT2D eigenvalue weighted by atomic mass is 32.2. The Morgan fingerprint density at radius 3 is 2.42 bits per heavy atom. The lowest BCUT2D eigenvalue weighted by Crippen LogP contribution is -2.50. The van der Waals surface area contributed by atoms with Crippen LogP contribution in [0.5, 0.6) is 0 Å². The Balaban J connectivity index is 1.54. The van der Waals surface area contributed by atoms with Crippen molar-refractivity contribution in [1.82, 2.24) is 8.61 Å². The maximum Gasteiger partial charge on any atom is 0.281 e. The first-order chi connectivity index (χ1) is 12.5. The fraction of sp³-hybridized carbons (Fsp3) is 0.684. The molecule has 0 aromatic heterocycles. The average Bonchev–Trinajstić information content (AvgIpc) is 2.65. The SMILES string of the molecule is COCC1CCCN(S(=O)(=O)N2CCC(Sc3ccc(C)cc3)CC2)C1. The van der Waals surface area contributed by atoms with Crippen molar-refractivity contribution in [2.24, 2.45) is 5.92 Å². The average molecular weight is 399 g/mol. The van der Waals surface area contributed by atoms with Crippen LogP contribution in [0.1, 0.15) is 31.2 Å². The van der Waals surface area contributed by atoms with Crippen molar-refractivity contribution >= 4 is 22.0 Å². The fourth-order valence-corrected chi connectivity index (χ4v) is 6.64. The molecule has 1 unspecified atom stereocenters. The molecule has 0 saturated carbocycles. The van der Waals surface area contributed by atoms with Crippen LogP contribution in [-0.2, 0) is 14.9 Å². The zero-order chi connectivity index (χ0) is 18.6. The van der Waals surface area contributed by atoms with Crippen LogP contribution in [0.2, 0.25) is 0 Å². The van der Waals surface area contributed by atoms with E-state index >= 15 is 0 Å². The number of thioether (sulfide) groups is 1. The second kappa shape index (κ2) is 9.06. The summed E-state index contributed by atoms with van der Waals surface area (Å²) in [5.74, 6) is 0.318. The third kappa shape index (κ3) is 5.01. The topological polar surface area (TPSA) is 49.9 Å². The molecule has 1 atom stereocenters. The van der Waals surface area contributed by atoms with Crippen LogP contribution >= 0.6 is 11.8 Å². The first kappa shape index (κ1) is 20.1. The highest BCUT2D eigenvalue weighted by Gasteiger charge is 2.35. The molecule has 2 saturated heterocycles. The highest BCUT2D eigenvalue weighted by Crippen LogP contribution is 2.32. The Morgan fingerprint density at radius 1 is 1.08 bits per heavy atom. The van der Waals surface area contributed by atoms with Gasteiger partial charge >= 0.3 is 0 Å². The molecule has 0 radical (unpaired) electrons. The van der Waals surface area contributed by atoms with E-state index in [2.05, 4.69) is 31.2 Å². The Bertz CT molecular complexity index is 669. The molecule has 0 spiro atoms. The lowest BCUT2D eigenvalue weighted by atomic mass is 10.0. The Hall–Kier alpha value is -0.600. The second-order valence-corrected chi connectivity index (χ2v) is 10.7. The van der Waals surface area contributed by atoms with Crippen molar-refractivity contribution in [3.8, 4) is 0 Å². The molecule has 2 aliphatic rings. The monoisotopic (exact) mass is 398 g/mol. The summed E-state index contributed by atoms with van der Waals surface area (Å²) in [5, 5.41) is 0.492. The van der Waals surface area contributed by atoms with Crippen molar-refractivity contribution < 1.29 is 13.2 Å². The third-order valence-corrected chi connectivity index (χ3v) is 8.61. The molecule has 1 aromatic rings. The van der Waals surface area contributed by atoms with E-state index in [0.29, 0.717) is 44.0 Å². The summed E-state index contributed by atoms with van der Waals surface area (Å²) < 4.78 is 34.6. The van der Waals surface area contributed by atoms with E-state index in [9.17, 15) is 8.42 Å². The summed E-state index contributed by atoms with van der Waals surface area (Å²) in [6.07, 6.45) is 3.79. The predicted octanol–water partition coefficient (Wildman–Crippen LogP) is 3.15. The lowest BCUT2D eigenvalue weighted by Gasteiger charge is -2.38. The first-order valence-electron chi connectivity index (χ1n) is 9.46. The van der Waals surface area contributed by atoms with Gasteiger partial charge in [-0.25, -0.2) is 0 Å². The van der Waals surface area contributed by atoms with E-state index < -0.39 is 10.2 Å². The van der Waals surface area contributed by atoms with Gasteiger partial charge in [0.15, 0.2) is 0 Å². The van der Waals surface area contributed by atoms with E-state index in [1.165, 1.54) is 10.5 Å². The molecule has 0 N–H and O–H groups in total. The number of benzene rings is 1. The molecular formula is C19H30N2O3S2. The quantitative estimate of drug-likeness (QED) is 0.739. The summed E-state index contributed by atoms with van der Waals surface area (Å²) in [6.45, 7) is 5.21. The Labute approximate surface area is 162 Å². The molecule has 0 aliphatic carbocycles. The Kier molecular flexibility index (Phi) is 7.02. The summed E-state index contributed by atoms with van der Waals surface area (Å²) in [6, 6.07) is 8.59. The van der Waals surface area contributed by atoms with Crippen LogP contribution in [0.25, 0.3) is 0 Å². The maximum atomic E-state index is 13.0. The largest absolute Gasteiger partial charge is 0.384 e. The van der Waals surface area contributed by atoms with E-state index in [1.54, 1.807) is 15.7 Å². The molecule has 26 heavy (non-hydrogen) atoms. The van der Waals surface area contributed by atoms with Crippen molar-refractivity contribution in [1.29, 1.82) is 0 Å². The number of aryl methyl sites for hydroxylation is 1. The Morgan fingerprint density at radius 2 is 1.77 bits per heavy atom. The van der Waals surface area contributed by atoms with Crippen LogP contribution in [-0.4, -0.2) is 62.2 Å². The zero-order valence-electron chi connectivity index (χ0n) is 15.8. The smallest absolute Gasteiger partial charge is 0.281 e. The molecular weight excluding hydrogens is 368 g/mol. The van der Waals surface area contributed by atoms with Crippen molar-refractivity contribution in [3.63, 3.8) is 0 Å². The van der Waals surface area contributed by atoms with E-state index in [-0.39, 0.29) is 0 Å². The van der Waals surface area contributed by atoms with Gasteiger partial charge in [0.2, 0.25) is 0 Å². The zero-order valence-corrected chi connectivity index (χ0v) is 17.4. The summed E-state index contributed by atoms with van der Waals surface area (Å²) in [5.41, 5.74) is 1.27. The van der Waals surface area contributed by atoms with Crippen LogP contribution < -0.4 is 0 Å². The summed E-state index contributed by atoms with van der Waals surface area (Å²) in [4.78, 5) is 1.27. The molecule has 146 valence electrons. The molecule has 5 nitrogen and oxygen atoms in total. The summed E-state index contributed by atoms with van der Waals surface area (Å²) >= 11 is 1.88. The van der Waals surface area contributed by atoms with E-state index in [0.717, 1.165) is 25.7 Å². The van der Waals surface area contributed by atoms with Crippen LogP contribution in [0.3, 0.4) is 0 Å². The third-order valence-electron chi connectivity index (χ3n) is 5.26. The van der Waals surface area contributed by atoms with Gasteiger partial charge in [-0.2, -0.15) is 17.0 Å². The van der Waals surface area contributed by atoms with E-state index in [1.807, 2.05) is 11.8 Å². The van der Waals surface area contributed by atoms with E-state index in [4.69, 9.17) is 4.74 Å². The molecule has 0 amide bonds. The molecule has 2 heterocycles. The van der Waals surface area contributed by atoms with Gasteiger partial charge in [-0.05, 0) is 50.7 Å². The molecule has 7 heteroatoms. The minimum Gasteiger partial charge on any atom is -0.384 e. The predicted molar refractivity (Wildman–Crippen MR) is 107 cm³/mol. The number of hydrogen-bond acceptors (Lipinski definition) is 4. The molecule has 2 aliphatic heterocycles. The summed E-state index contributed by atoms with van der Waals surface area (Å²) in [7, 11) is -1.65. The maximum absolute atomic E-state index is 13.0. The number of methoxy groups -OCH3 is 1. The van der Waals surface area contributed by atoms with Gasteiger partial charge in [0.05, 0.1) is 6.61 Å². The first-order valence-corrected chi connectivity index (χ1v) is 11.7. The number of piperidine rings is 2. The number of nitrogens with zero attached hydrogens (tertiary/aromatic N) is 2. The molecule has 1 aromatic carbocycles. The normalized spacial score (nSPS) is 24.0. The van der Waals surface area contributed by atoms with Crippen molar-refractivity contribution in [2.45, 2.75) is 42.8 Å². The van der Waals surface area contributed by atoms with Gasteiger partial charge in [0, 0.05) is 43.4 Å². The van der Waals surface area contributed by atoms with Gasteiger partial charge < -0.3 is 4.74 Å². The molecule has 2 fully saturated rings. The minimum atomic E-state index is -3.34. The fourth-order valence-electron chi connectivity index (χ4n) is 3.76. The lowest BCUT2D eigenvalue weighted by molar-refractivity contribution is 0.116. The van der Waals surface area contributed by atoms with Crippen LogP contribution in [0, 0.1) is 12.8 Å². The number of hydrogen-bond donors (Lipinski definition) is 0. The minimum absolute atomic E-state index is 0.318. The second-order valence-electron chi connectivity index (χ2n) is 7.36. The highest BCUT2D eigenvalue weighted by molar-refractivity contribution is 8.00. The standard InChI is InChI=1S/C19H30N2O3S2/c1-16-5-7-18(8-6-16)25-19-9-12-20(13-10-19)26(22,23)21-11-3-4-17(14-21)15-24-2/h5-8,17,19H,3-4,9-15H2,1-2H3. The number of rotatable bonds is 6. The van der Waals surface area contributed by atoms with Crippen molar-refractivity contribution in [2.75, 3.05) is 39.9 Å². The van der Waals surface area contributed by atoms with Gasteiger partial charge in [0.25, 0.3) is 10.2 Å². The number of ether oxygens (including phenoxy) is 1. The van der Waals surface area contributed by atoms with Gasteiger partial charge in [0.1, 0.15) is 0 Å². The van der Waals surface area contributed by atoms with Gasteiger partial charge in [-0.1, -0.05) is 17.7 Å². The van der Waals surface area contributed by atoms with Crippen LogP contribution in [0.15, 0.2) is 29.2 Å². The van der Waals surface area contributed by atoms with Gasteiger partial charge in [-0.15, -0.1) is 11.8 Å².